The zero-order valence-electron chi connectivity index (χ0n) is 12.9. The molecular weight excluding hydrogens is 304 g/mol. The van der Waals surface area contributed by atoms with E-state index in [1.54, 1.807) is 17.7 Å². The van der Waals surface area contributed by atoms with Gasteiger partial charge in [-0.15, -0.1) is 0 Å². The second-order valence-electron chi connectivity index (χ2n) is 5.27. The summed E-state index contributed by atoms with van der Waals surface area (Å²) in [5.74, 6) is 0.690. The Morgan fingerprint density at radius 1 is 1.04 bits per heavy atom. The molecule has 1 aromatic carbocycles. The summed E-state index contributed by atoms with van der Waals surface area (Å²) >= 11 is 0. The molecule has 0 atom stereocenters. The van der Waals surface area contributed by atoms with Crippen LogP contribution in [0.25, 0.3) is 28.0 Å². The van der Waals surface area contributed by atoms with Gasteiger partial charge in [0, 0.05) is 17.8 Å². The minimum atomic E-state index is -0.247. The predicted molar refractivity (Wildman–Crippen MR) is 91.0 cm³/mol. The van der Waals surface area contributed by atoms with Gasteiger partial charge in [-0.1, -0.05) is 30.3 Å². The molecule has 118 valence electrons. The first-order valence-electron chi connectivity index (χ1n) is 7.45. The number of hydrogen-bond acceptors (Lipinski definition) is 4. The van der Waals surface area contributed by atoms with Crippen molar-refractivity contribution < 1.29 is 4.74 Å². The lowest BCUT2D eigenvalue weighted by Crippen LogP contribution is -2.05. The van der Waals surface area contributed by atoms with Gasteiger partial charge in [0.25, 0.3) is 5.56 Å². The second-order valence-corrected chi connectivity index (χ2v) is 5.27. The number of methoxy groups -OCH3 is 1. The van der Waals surface area contributed by atoms with Crippen LogP contribution in [0.2, 0.25) is 0 Å². The van der Waals surface area contributed by atoms with Crippen LogP contribution >= 0.6 is 0 Å². The van der Waals surface area contributed by atoms with Crippen LogP contribution in [0.4, 0.5) is 0 Å². The SMILES string of the molecule is COc1cccn2nc(-c3ccccc3)c(-c3ccc(=O)[nH]n3)c12. The highest BCUT2D eigenvalue weighted by atomic mass is 16.5. The van der Waals surface area contributed by atoms with E-state index in [0.717, 1.165) is 22.3 Å². The fraction of sp³-hybridized carbons (Fsp3) is 0.0556. The van der Waals surface area contributed by atoms with E-state index in [9.17, 15) is 4.79 Å². The van der Waals surface area contributed by atoms with E-state index >= 15 is 0 Å². The molecule has 3 aromatic heterocycles. The largest absolute Gasteiger partial charge is 0.494 e. The molecule has 0 saturated heterocycles. The molecule has 4 rings (SSSR count). The summed E-state index contributed by atoms with van der Waals surface area (Å²) in [7, 11) is 1.62. The normalized spacial score (nSPS) is 10.9. The molecule has 4 aromatic rings. The van der Waals surface area contributed by atoms with Crippen LogP contribution in [0, 0.1) is 0 Å². The first-order chi connectivity index (χ1) is 11.8. The summed E-state index contributed by atoms with van der Waals surface area (Å²) < 4.78 is 7.27. The van der Waals surface area contributed by atoms with E-state index in [2.05, 4.69) is 10.2 Å². The van der Waals surface area contributed by atoms with Gasteiger partial charge in [-0.05, 0) is 18.2 Å². The van der Waals surface area contributed by atoms with E-state index in [-0.39, 0.29) is 5.56 Å². The Bertz CT molecular complexity index is 1050. The number of benzene rings is 1. The highest BCUT2D eigenvalue weighted by Crippen LogP contribution is 2.37. The average Bonchev–Trinajstić information content (AvgIpc) is 3.03. The Morgan fingerprint density at radius 3 is 2.58 bits per heavy atom. The van der Waals surface area contributed by atoms with Crippen LogP contribution in [-0.4, -0.2) is 26.9 Å². The molecule has 6 nitrogen and oxygen atoms in total. The van der Waals surface area contributed by atoms with E-state index in [4.69, 9.17) is 9.84 Å². The van der Waals surface area contributed by atoms with Crippen molar-refractivity contribution in [2.24, 2.45) is 0 Å². The molecule has 0 saturated carbocycles. The van der Waals surface area contributed by atoms with Crippen molar-refractivity contribution in [3.05, 3.63) is 71.1 Å². The molecular formula is C18H14N4O2. The van der Waals surface area contributed by atoms with Crippen LogP contribution in [0.3, 0.4) is 0 Å². The molecule has 1 N–H and O–H groups in total. The number of nitrogens with zero attached hydrogens (tertiary/aromatic N) is 3. The third-order valence-electron chi connectivity index (χ3n) is 3.82. The van der Waals surface area contributed by atoms with Crippen LogP contribution in [0.15, 0.2) is 65.6 Å². The van der Waals surface area contributed by atoms with Gasteiger partial charge in [-0.2, -0.15) is 10.2 Å². The summed E-state index contributed by atoms with van der Waals surface area (Å²) in [4.78, 5) is 11.4. The summed E-state index contributed by atoms with van der Waals surface area (Å²) in [6.07, 6.45) is 1.86. The standard InChI is InChI=1S/C18H14N4O2/c1-24-14-8-5-11-22-18(14)16(13-9-10-15(23)20-19-13)17(21-22)12-6-3-2-4-7-12/h2-11H,1H3,(H,20,23). The summed E-state index contributed by atoms with van der Waals surface area (Å²) in [6, 6.07) is 16.7. The Balaban J connectivity index is 2.10. The van der Waals surface area contributed by atoms with Gasteiger partial charge in [0.15, 0.2) is 0 Å². The highest BCUT2D eigenvalue weighted by molar-refractivity contribution is 5.93. The molecule has 6 heteroatoms. The maximum Gasteiger partial charge on any atom is 0.264 e. The minimum Gasteiger partial charge on any atom is -0.494 e. The van der Waals surface area contributed by atoms with E-state index in [0.29, 0.717) is 11.4 Å². The second kappa shape index (κ2) is 5.66. The average molecular weight is 318 g/mol. The monoisotopic (exact) mass is 318 g/mol. The lowest BCUT2D eigenvalue weighted by molar-refractivity contribution is 0.417. The van der Waals surface area contributed by atoms with Crippen molar-refractivity contribution in [3.8, 4) is 28.3 Å². The van der Waals surface area contributed by atoms with Crippen molar-refractivity contribution in [2.45, 2.75) is 0 Å². The van der Waals surface area contributed by atoms with Crippen molar-refractivity contribution in [2.75, 3.05) is 7.11 Å². The predicted octanol–water partition coefficient (Wildman–Crippen LogP) is 2.76. The zero-order chi connectivity index (χ0) is 16.5. The summed E-state index contributed by atoms with van der Waals surface area (Å²) in [5.41, 5.74) is 3.75. The van der Waals surface area contributed by atoms with Gasteiger partial charge in [-0.25, -0.2) is 9.61 Å². The highest BCUT2D eigenvalue weighted by Gasteiger charge is 2.20. The molecule has 3 heterocycles. The van der Waals surface area contributed by atoms with Gasteiger partial charge in [0.1, 0.15) is 17.0 Å². The van der Waals surface area contributed by atoms with Gasteiger partial charge < -0.3 is 4.74 Å². The van der Waals surface area contributed by atoms with Gasteiger partial charge >= 0.3 is 0 Å². The van der Waals surface area contributed by atoms with Crippen molar-refractivity contribution in [1.82, 2.24) is 19.8 Å². The number of ether oxygens (including phenoxy) is 1. The number of H-pyrrole nitrogens is 1. The fourth-order valence-electron chi connectivity index (χ4n) is 2.76. The first-order valence-corrected chi connectivity index (χ1v) is 7.45. The third kappa shape index (κ3) is 2.25. The molecule has 0 unspecified atom stereocenters. The number of rotatable bonds is 3. The van der Waals surface area contributed by atoms with E-state index < -0.39 is 0 Å². The lowest BCUT2D eigenvalue weighted by Gasteiger charge is -2.05. The number of fused-ring (bicyclic) bond motifs is 1. The minimum absolute atomic E-state index is 0.247. The molecule has 0 radical (unpaired) electrons. The molecule has 0 amide bonds. The lowest BCUT2D eigenvalue weighted by atomic mass is 10.0. The van der Waals surface area contributed by atoms with Crippen molar-refractivity contribution in [3.63, 3.8) is 0 Å². The smallest absolute Gasteiger partial charge is 0.264 e. The molecule has 0 aliphatic carbocycles. The number of pyridine rings is 1. The molecule has 0 bridgehead atoms. The van der Waals surface area contributed by atoms with Crippen LogP contribution in [-0.2, 0) is 0 Å². The first kappa shape index (κ1) is 14.2. The summed E-state index contributed by atoms with van der Waals surface area (Å²) in [6.45, 7) is 0. The van der Waals surface area contributed by atoms with Gasteiger partial charge in [-0.3, -0.25) is 4.79 Å². The Labute approximate surface area is 137 Å². The maximum absolute atomic E-state index is 11.4. The van der Waals surface area contributed by atoms with Crippen molar-refractivity contribution >= 4 is 5.52 Å². The topological polar surface area (TPSA) is 72.3 Å². The van der Waals surface area contributed by atoms with E-state index in [1.165, 1.54) is 6.07 Å². The Kier molecular flexibility index (Phi) is 3.35. The summed E-state index contributed by atoms with van der Waals surface area (Å²) in [5, 5.41) is 11.4. The molecule has 0 fully saturated rings. The molecule has 0 spiro atoms. The zero-order valence-corrected chi connectivity index (χ0v) is 12.9. The molecule has 0 aliphatic heterocycles. The van der Waals surface area contributed by atoms with Crippen LogP contribution < -0.4 is 10.3 Å². The van der Waals surface area contributed by atoms with Gasteiger partial charge in [0.05, 0.1) is 18.4 Å². The number of aromatic amines is 1. The van der Waals surface area contributed by atoms with E-state index in [1.807, 2.05) is 48.7 Å². The van der Waals surface area contributed by atoms with Gasteiger partial charge in [0.2, 0.25) is 0 Å². The van der Waals surface area contributed by atoms with Crippen molar-refractivity contribution in [1.29, 1.82) is 0 Å². The van der Waals surface area contributed by atoms with Crippen LogP contribution in [0.5, 0.6) is 5.75 Å². The quantitative estimate of drug-likeness (QED) is 0.630. The fourth-order valence-corrected chi connectivity index (χ4v) is 2.76. The number of nitrogens with one attached hydrogen (secondary N) is 1. The third-order valence-corrected chi connectivity index (χ3v) is 3.82. The molecule has 0 aliphatic rings. The molecule has 24 heavy (non-hydrogen) atoms. The Morgan fingerprint density at radius 2 is 1.88 bits per heavy atom. The number of aromatic nitrogens is 4. The van der Waals surface area contributed by atoms with Crippen LogP contribution in [0.1, 0.15) is 0 Å². The number of hydrogen-bond donors (Lipinski definition) is 1. The maximum atomic E-state index is 11.4. The Hall–Kier alpha value is -3.41.